The lowest BCUT2D eigenvalue weighted by atomic mass is 10.2. The molecule has 2 aromatic rings. The fraction of sp³-hybridized carbons (Fsp3) is 0.300. The number of hydrogen-bond donors (Lipinski definition) is 2. The molecule has 27 heavy (non-hydrogen) atoms. The minimum absolute atomic E-state index is 0.201. The smallest absolute Gasteiger partial charge is 0.322 e. The number of rotatable bonds is 3. The summed E-state index contributed by atoms with van der Waals surface area (Å²) in [6, 6.07) is 13.8. The molecule has 3 amide bonds. The summed E-state index contributed by atoms with van der Waals surface area (Å²) in [4.78, 5) is 26.9. The van der Waals surface area contributed by atoms with E-state index in [2.05, 4.69) is 10.6 Å². The number of amides is 3. The molecule has 2 aliphatic heterocycles. The molecule has 2 aromatic carbocycles. The van der Waals surface area contributed by atoms with Crippen molar-refractivity contribution in [3.05, 3.63) is 48.5 Å². The number of para-hydroxylation sites is 1. The lowest BCUT2D eigenvalue weighted by Crippen LogP contribution is -2.45. The van der Waals surface area contributed by atoms with E-state index >= 15 is 0 Å². The third-order valence-electron chi connectivity index (χ3n) is 4.65. The molecule has 140 valence electrons. The van der Waals surface area contributed by atoms with Crippen LogP contribution in [-0.2, 0) is 4.79 Å². The Kier molecular flexibility index (Phi) is 4.82. The van der Waals surface area contributed by atoms with Gasteiger partial charge in [-0.1, -0.05) is 18.2 Å². The van der Waals surface area contributed by atoms with Crippen molar-refractivity contribution in [3.8, 4) is 11.5 Å². The zero-order valence-corrected chi connectivity index (χ0v) is 14.8. The van der Waals surface area contributed by atoms with Crippen LogP contribution in [0.15, 0.2) is 48.5 Å². The number of fused-ring (bicyclic) bond motifs is 1. The maximum atomic E-state index is 12.7. The summed E-state index contributed by atoms with van der Waals surface area (Å²) in [6.07, 6.45) is 1.43. The van der Waals surface area contributed by atoms with Gasteiger partial charge in [0.05, 0.1) is 0 Å². The number of likely N-dealkylation sites (tertiary alicyclic amines) is 1. The van der Waals surface area contributed by atoms with Crippen LogP contribution in [0.25, 0.3) is 0 Å². The van der Waals surface area contributed by atoms with E-state index in [-0.39, 0.29) is 11.9 Å². The van der Waals surface area contributed by atoms with Crippen molar-refractivity contribution < 1.29 is 19.1 Å². The van der Waals surface area contributed by atoms with Crippen molar-refractivity contribution in [3.63, 3.8) is 0 Å². The Labute approximate surface area is 157 Å². The molecular formula is C20H21N3O4. The van der Waals surface area contributed by atoms with E-state index in [4.69, 9.17) is 9.47 Å². The van der Waals surface area contributed by atoms with Gasteiger partial charge in [0, 0.05) is 24.0 Å². The molecule has 0 unspecified atom stereocenters. The van der Waals surface area contributed by atoms with E-state index in [0.29, 0.717) is 49.1 Å². The molecule has 0 bridgehead atoms. The van der Waals surface area contributed by atoms with Crippen molar-refractivity contribution in [2.24, 2.45) is 0 Å². The highest BCUT2D eigenvalue weighted by Gasteiger charge is 2.34. The van der Waals surface area contributed by atoms with Gasteiger partial charge >= 0.3 is 6.03 Å². The molecule has 1 saturated heterocycles. The predicted octanol–water partition coefficient (Wildman–Crippen LogP) is 3.09. The monoisotopic (exact) mass is 367 g/mol. The van der Waals surface area contributed by atoms with Crippen molar-refractivity contribution in [2.45, 2.75) is 18.9 Å². The second-order valence-electron chi connectivity index (χ2n) is 6.50. The summed E-state index contributed by atoms with van der Waals surface area (Å²) in [6.45, 7) is 1.56. The highest BCUT2D eigenvalue weighted by molar-refractivity contribution is 5.99. The molecule has 7 nitrogen and oxygen atoms in total. The van der Waals surface area contributed by atoms with E-state index in [0.717, 1.165) is 6.42 Å². The van der Waals surface area contributed by atoms with Crippen LogP contribution in [0.1, 0.15) is 12.8 Å². The van der Waals surface area contributed by atoms with Crippen molar-refractivity contribution >= 4 is 23.3 Å². The number of carbonyl (C=O) groups is 2. The maximum absolute atomic E-state index is 12.7. The van der Waals surface area contributed by atoms with E-state index in [1.165, 1.54) is 0 Å². The summed E-state index contributed by atoms with van der Waals surface area (Å²) in [5, 5.41) is 5.73. The van der Waals surface area contributed by atoms with E-state index in [1.54, 1.807) is 23.1 Å². The number of urea groups is 1. The van der Waals surface area contributed by atoms with Gasteiger partial charge < -0.3 is 25.0 Å². The van der Waals surface area contributed by atoms with Gasteiger partial charge in [-0.3, -0.25) is 4.79 Å². The number of benzene rings is 2. The third-order valence-corrected chi connectivity index (χ3v) is 4.65. The Morgan fingerprint density at radius 2 is 1.70 bits per heavy atom. The molecule has 0 radical (unpaired) electrons. The summed E-state index contributed by atoms with van der Waals surface area (Å²) in [5.41, 5.74) is 1.33. The number of hydrogen-bond acceptors (Lipinski definition) is 4. The van der Waals surface area contributed by atoms with Crippen LogP contribution in [-0.4, -0.2) is 42.6 Å². The second kappa shape index (κ2) is 7.57. The quantitative estimate of drug-likeness (QED) is 0.874. The number of anilines is 2. The molecule has 2 heterocycles. The molecule has 0 saturated carbocycles. The molecule has 4 rings (SSSR count). The summed E-state index contributed by atoms with van der Waals surface area (Å²) < 4.78 is 11.0. The Hall–Kier alpha value is -3.22. The molecule has 1 atom stereocenters. The van der Waals surface area contributed by atoms with Gasteiger partial charge in [-0.05, 0) is 37.1 Å². The Bertz CT molecular complexity index is 840. The lowest BCUT2D eigenvalue weighted by Gasteiger charge is -2.24. The van der Waals surface area contributed by atoms with Crippen molar-refractivity contribution in [2.75, 3.05) is 30.4 Å². The molecule has 0 spiro atoms. The number of carbonyl (C=O) groups excluding carboxylic acids is 2. The van der Waals surface area contributed by atoms with E-state index < -0.39 is 6.04 Å². The number of ether oxygens (including phenoxy) is 2. The first kappa shape index (κ1) is 17.2. The van der Waals surface area contributed by atoms with Crippen LogP contribution < -0.4 is 20.1 Å². The standard InChI is InChI=1S/C20H21N3O4/c24-19(21-15-8-9-17-18(13-15)27-12-11-26-17)16-7-4-10-23(16)20(25)22-14-5-2-1-3-6-14/h1-3,5-6,8-9,13,16H,4,7,10-12H2,(H,21,24)(H,22,25)/t16-/m1/s1. The minimum atomic E-state index is -0.498. The maximum Gasteiger partial charge on any atom is 0.322 e. The fourth-order valence-electron chi connectivity index (χ4n) is 3.35. The molecule has 0 aliphatic carbocycles. The van der Waals surface area contributed by atoms with Gasteiger partial charge in [-0.25, -0.2) is 4.79 Å². The van der Waals surface area contributed by atoms with Crippen molar-refractivity contribution in [1.82, 2.24) is 4.90 Å². The fourth-order valence-corrected chi connectivity index (χ4v) is 3.35. The summed E-state index contributed by atoms with van der Waals surface area (Å²) in [5.74, 6) is 1.08. The molecular weight excluding hydrogens is 346 g/mol. The first-order chi connectivity index (χ1) is 13.2. The number of nitrogens with one attached hydrogen (secondary N) is 2. The Morgan fingerprint density at radius 3 is 2.52 bits per heavy atom. The highest BCUT2D eigenvalue weighted by Crippen LogP contribution is 2.33. The van der Waals surface area contributed by atoms with Crippen LogP contribution in [0, 0.1) is 0 Å². The van der Waals surface area contributed by atoms with Gasteiger partial charge in [-0.15, -0.1) is 0 Å². The third kappa shape index (κ3) is 3.81. The first-order valence-corrected chi connectivity index (χ1v) is 9.04. The zero-order valence-electron chi connectivity index (χ0n) is 14.8. The molecule has 0 aromatic heterocycles. The molecule has 2 aliphatic rings. The minimum Gasteiger partial charge on any atom is -0.486 e. The van der Waals surface area contributed by atoms with Crippen LogP contribution in [0.5, 0.6) is 11.5 Å². The van der Waals surface area contributed by atoms with Crippen LogP contribution in [0.3, 0.4) is 0 Å². The normalized spacial score (nSPS) is 18.1. The second-order valence-corrected chi connectivity index (χ2v) is 6.50. The molecule has 2 N–H and O–H groups in total. The molecule has 1 fully saturated rings. The van der Waals surface area contributed by atoms with Gasteiger partial charge in [0.15, 0.2) is 11.5 Å². The topological polar surface area (TPSA) is 79.9 Å². The van der Waals surface area contributed by atoms with Crippen LogP contribution in [0.2, 0.25) is 0 Å². The van der Waals surface area contributed by atoms with Gasteiger partial charge in [0.25, 0.3) is 0 Å². The molecule has 7 heteroatoms. The summed E-state index contributed by atoms with van der Waals surface area (Å²) >= 11 is 0. The van der Waals surface area contributed by atoms with Gasteiger partial charge in [0.1, 0.15) is 19.3 Å². The predicted molar refractivity (Wildman–Crippen MR) is 101 cm³/mol. The van der Waals surface area contributed by atoms with Crippen LogP contribution in [0.4, 0.5) is 16.2 Å². The Morgan fingerprint density at radius 1 is 0.926 bits per heavy atom. The lowest BCUT2D eigenvalue weighted by molar-refractivity contribution is -0.119. The average Bonchev–Trinajstić information content (AvgIpc) is 3.19. The summed E-state index contributed by atoms with van der Waals surface area (Å²) in [7, 11) is 0. The first-order valence-electron chi connectivity index (χ1n) is 9.04. The zero-order chi connectivity index (χ0) is 18.6. The average molecular weight is 367 g/mol. The SMILES string of the molecule is O=C(Nc1ccc2c(c1)OCCO2)[C@H]1CCCN1C(=O)Nc1ccccc1. The van der Waals surface area contributed by atoms with Crippen molar-refractivity contribution in [1.29, 1.82) is 0 Å². The highest BCUT2D eigenvalue weighted by atomic mass is 16.6. The number of nitrogens with zero attached hydrogens (tertiary/aromatic N) is 1. The Balaban J connectivity index is 1.42. The van der Waals surface area contributed by atoms with E-state index in [9.17, 15) is 9.59 Å². The van der Waals surface area contributed by atoms with Crippen LogP contribution >= 0.6 is 0 Å². The van der Waals surface area contributed by atoms with Gasteiger partial charge in [-0.2, -0.15) is 0 Å². The van der Waals surface area contributed by atoms with E-state index in [1.807, 2.05) is 30.3 Å². The van der Waals surface area contributed by atoms with Gasteiger partial charge in [0.2, 0.25) is 5.91 Å². The largest absolute Gasteiger partial charge is 0.486 e.